The van der Waals surface area contributed by atoms with E-state index in [2.05, 4.69) is 4.74 Å². The molecule has 1 aromatic heterocycles. The van der Waals surface area contributed by atoms with Crippen LogP contribution in [-0.2, 0) is 19.6 Å². The lowest BCUT2D eigenvalue weighted by Gasteiger charge is -2.12. The van der Waals surface area contributed by atoms with Crippen LogP contribution in [0.4, 0.5) is 0 Å². The second-order valence-corrected chi connectivity index (χ2v) is 6.62. The highest BCUT2D eigenvalue weighted by molar-refractivity contribution is 7.91. The highest BCUT2D eigenvalue weighted by atomic mass is 32.2. The van der Waals surface area contributed by atoms with E-state index in [1.807, 2.05) is 0 Å². The number of aliphatic carboxylic acids is 1. The molecule has 0 aromatic carbocycles. The van der Waals surface area contributed by atoms with Gasteiger partial charge in [0.2, 0.25) is 0 Å². The first-order valence-electron chi connectivity index (χ1n) is 4.65. The molecule has 0 unspecified atom stereocenters. The quantitative estimate of drug-likeness (QED) is 0.780. The van der Waals surface area contributed by atoms with Gasteiger partial charge in [0.1, 0.15) is 15.6 Å². The first-order chi connectivity index (χ1) is 8.28. The molecule has 100 valence electrons. The van der Waals surface area contributed by atoms with Crippen molar-refractivity contribution in [1.82, 2.24) is 4.31 Å². The number of carboxylic acid groups (broad SMARTS) is 1. The normalized spacial score (nSPS) is 11.5. The Balaban J connectivity index is 3.02. The monoisotopic (exact) mass is 293 g/mol. The summed E-state index contributed by atoms with van der Waals surface area (Å²) < 4.78 is 28.9. The Hall–Kier alpha value is -1.45. The van der Waals surface area contributed by atoms with Crippen LogP contribution < -0.4 is 0 Å². The largest absolute Gasteiger partial charge is 0.480 e. The third kappa shape index (κ3) is 3.06. The number of rotatable bonds is 5. The molecular weight excluding hydrogens is 282 g/mol. The number of methoxy groups -OCH3 is 1. The fourth-order valence-corrected chi connectivity index (χ4v) is 3.65. The van der Waals surface area contributed by atoms with Gasteiger partial charge in [-0.05, 0) is 12.1 Å². The number of sulfonamides is 1. The van der Waals surface area contributed by atoms with Crippen LogP contribution in [0.2, 0.25) is 0 Å². The number of thiophene rings is 1. The van der Waals surface area contributed by atoms with Gasteiger partial charge in [-0.2, -0.15) is 4.31 Å². The van der Waals surface area contributed by atoms with Gasteiger partial charge in [0, 0.05) is 7.05 Å². The van der Waals surface area contributed by atoms with Crippen LogP contribution in [0, 0.1) is 0 Å². The topological polar surface area (TPSA) is 101 Å². The molecule has 1 heterocycles. The predicted molar refractivity (Wildman–Crippen MR) is 63.1 cm³/mol. The number of carbonyl (C=O) groups is 2. The Morgan fingerprint density at radius 3 is 2.56 bits per heavy atom. The third-order valence-corrected chi connectivity index (χ3v) is 5.33. The number of carbonyl (C=O) groups excluding carboxylic acids is 1. The van der Waals surface area contributed by atoms with E-state index in [0.717, 1.165) is 18.4 Å². The zero-order valence-electron chi connectivity index (χ0n) is 9.61. The van der Waals surface area contributed by atoms with Gasteiger partial charge in [0.25, 0.3) is 10.0 Å². The Morgan fingerprint density at radius 2 is 2.06 bits per heavy atom. The first kappa shape index (κ1) is 14.6. The van der Waals surface area contributed by atoms with Crippen LogP contribution in [0.25, 0.3) is 0 Å². The number of esters is 1. The number of hydrogen-bond donors (Lipinski definition) is 1. The van der Waals surface area contributed by atoms with Crippen molar-refractivity contribution in [1.29, 1.82) is 0 Å². The van der Waals surface area contributed by atoms with Crippen LogP contribution in [0.5, 0.6) is 0 Å². The summed E-state index contributed by atoms with van der Waals surface area (Å²) in [4.78, 5) is 21.8. The Bertz CT molecular complexity index is 561. The molecule has 0 aliphatic rings. The van der Waals surface area contributed by atoms with Gasteiger partial charge < -0.3 is 9.84 Å². The van der Waals surface area contributed by atoms with Crippen LogP contribution in [-0.4, -0.2) is 50.5 Å². The third-order valence-electron chi connectivity index (χ3n) is 1.99. The van der Waals surface area contributed by atoms with Gasteiger partial charge in [-0.1, -0.05) is 0 Å². The molecule has 9 heteroatoms. The summed E-state index contributed by atoms with van der Waals surface area (Å²) in [6.07, 6.45) is 0. The second-order valence-electron chi connectivity index (χ2n) is 3.27. The zero-order chi connectivity index (χ0) is 13.9. The standard InChI is InChI=1S/C9H11NO6S2/c1-10(5-7(11)12)18(14,15)8-4-3-6(17-8)9(13)16-2/h3-4H,5H2,1-2H3,(H,11,12). The Morgan fingerprint density at radius 1 is 1.44 bits per heavy atom. The fraction of sp³-hybridized carbons (Fsp3) is 0.333. The van der Waals surface area contributed by atoms with E-state index >= 15 is 0 Å². The Kier molecular flexibility index (Phi) is 4.43. The van der Waals surface area contributed by atoms with E-state index in [1.165, 1.54) is 19.2 Å². The summed E-state index contributed by atoms with van der Waals surface area (Å²) >= 11 is 0.731. The highest BCUT2D eigenvalue weighted by Crippen LogP contribution is 2.24. The van der Waals surface area contributed by atoms with Crippen molar-refractivity contribution in [2.45, 2.75) is 4.21 Å². The van der Waals surface area contributed by atoms with E-state index in [1.54, 1.807) is 0 Å². The van der Waals surface area contributed by atoms with Crippen molar-refractivity contribution in [3.05, 3.63) is 17.0 Å². The summed E-state index contributed by atoms with van der Waals surface area (Å²) in [5, 5.41) is 8.55. The van der Waals surface area contributed by atoms with Gasteiger partial charge in [0.05, 0.1) is 7.11 Å². The van der Waals surface area contributed by atoms with Crippen LogP contribution >= 0.6 is 11.3 Å². The summed E-state index contributed by atoms with van der Waals surface area (Å²) in [5.74, 6) is -1.90. The summed E-state index contributed by atoms with van der Waals surface area (Å²) in [6.45, 7) is -0.645. The molecule has 1 rings (SSSR count). The molecule has 0 bridgehead atoms. The van der Waals surface area contributed by atoms with E-state index < -0.39 is 28.5 Å². The molecule has 0 radical (unpaired) electrons. The molecule has 0 spiro atoms. The number of hydrogen-bond acceptors (Lipinski definition) is 6. The molecule has 0 fully saturated rings. The molecule has 0 aliphatic heterocycles. The van der Waals surface area contributed by atoms with Crippen LogP contribution in [0.1, 0.15) is 9.67 Å². The number of likely N-dealkylation sites (N-methyl/N-ethyl adjacent to an activating group) is 1. The SMILES string of the molecule is COC(=O)c1ccc(S(=O)(=O)N(C)CC(=O)O)s1. The van der Waals surface area contributed by atoms with Gasteiger partial charge in [-0.15, -0.1) is 11.3 Å². The van der Waals surface area contributed by atoms with E-state index in [-0.39, 0.29) is 9.09 Å². The van der Waals surface area contributed by atoms with Crippen molar-refractivity contribution in [2.24, 2.45) is 0 Å². The summed E-state index contributed by atoms with van der Waals surface area (Å²) in [6, 6.07) is 2.56. The van der Waals surface area contributed by atoms with E-state index in [4.69, 9.17) is 5.11 Å². The maximum Gasteiger partial charge on any atom is 0.348 e. The average molecular weight is 293 g/mol. The maximum atomic E-state index is 11.9. The molecule has 7 nitrogen and oxygen atoms in total. The minimum absolute atomic E-state index is 0.105. The zero-order valence-corrected chi connectivity index (χ0v) is 11.2. The van der Waals surface area contributed by atoms with Crippen molar-refractivity contribution >= 4 is 33.3 Å². The summed E-state index contributed by atoms with van der Waals surface area (Å²) in [7, 11) is -1.55. The minimum Gasteiger partial charge on any atom is -0.480 e. The van der Waals surface area contributed by atoms with E-state index in [0.29, 0.717) is 4.31 Å². The van der Waals surface area contributed by atoms with Crippen LogP contribution in [0.15, 0.2) is 16.3 Å². The van der Waals surface area contributed by atoms with Gasteiger partial charge in [-0.3, -0.25) is 4.79 Å². The van der Waals surface area contributed by atoms with Gasteiger partial charge >= 0.3 is 11.9 Å². The van der Waals surface area contributed by atoms with Crippen molar-refractivity contribution in [2.75, 3.05) is 20.7 Å². The number of nitrogens with zero attached hydrogens (tertiary/aromatic N) is 1. The highest BCUT2D eigenvalue weighted by Gasteiger charge is 2.25. The smallest absolute Gasteiger partial charge is 0.348 e. The molecule has 0 saturated heterocycles. The maximum absolute atomic E-state index is 11.9. The number of carboxylic acids is 1. The first-order valence-corrected chi connectivity index (χ1v) is 6.91. The van der Waals surface area contributed by atoms with Gasteiger partial charge in [-0.25, -0.2) is 13.2 Å². The van der Waals surface area contributed by atoms with Crippen molar-refractivity contribution in [3.8, 4) is 0 Å². The molecule has 0 aliphatic carbocycles. The van der Waals surface area contributed by atoms with Gasteiger partial charge in [0.15, 0.2) is 0 Å². The summed E-state index contributed by atoms with van der Waals surface area (Å²) in [5.41, 5.74) is 0. The average Bonchev–Trinajstić information content (AvgIpc) is 2.76. The van der Waals surface area contributed by atoms with Crippen LogP contribution in [0.3, 0.4) is 0 Å². The molecule has 0 amide bonds. The number of ether oxygens (including phenoxy) is 1. The molecule has 1 N–H and O–H groups in total. The van der Waals surface area contributed by atoms with E-state index in [9.17, 15) is 18.0 Å². The molecular formula is C9H11NO6S2. The lowest BCUT2D eigenvalue weighted by molar-refractivity contribution is -0.137. The molecule has 1 aromatic rings. The molecule has 0 atom stereocenters. The predicted octanol–water partition coefficient (Wildman–Crippen LogP) is 0.240. The molecule has 18 heavy (non-hydrogen) atoms. The lowest BCUT2D eigenvalue weighted by atomic mass is 10.5. The Labute approximate surface area is 108 Å². The minimum atomic E-state index is -3.89. The second kappa shape index (κ2) is 5.46. The van der Waals surface area contributed by atoms with Crippen molar-refractivity contribution in [3.63, 3.8) is 0 Å². The lowest BCUT2D eigenvalue weighted by Crippen LogP contribution is -2.31. The molecule has 0 saturated carbocycles. The van der Waals surface area contributed by atoms with Crippen molar-refractivity contribution < 1.29 is 27.9 Å². The fourth-order valence-electron chi connectivity index (χ4n) is 1.10.